The van der Waals surface area contributed by atoms with Crippen LogP contribution in [0.1, 0.15) is 18.4 Å². The highest BCUT2D eigenvalue weighted by atomic mass is 79.9. The van der Waals surface area contributed by atoms with Crippen LogP contribution in [0.5, 0.6) is 0 Å². The molecule has 0 fully saturated rings. The number of hydrogen-bond acceptors (Lipinski definition) is 2. The molecule has 3 N–H and O–H groups in total. The maximum atomic E-state index is 5.41. The Morgan fingerprint density at radius 2 is 2.31 bits per heavy atom. The van der Waals surface area contributed by atoms with Gasteiger partial charge in [0.2, 0.25) is 0 Å². The molecule has 0 bridgehead atoms. The van der Waals surface area contributed by atoms with Gasteiger partial charge in [-0.3, -0.25) is 4.98 Å². The third kappa shape index (κ3) is 2.26. The Bertz CT molecular complexity index is 548. The van der Waals surface area contributed by atoms with Crippen molar-refractivity contribution in [3.63, 3.8) is 0 Å². The van der Waals surface area contributed by atoms with Gasteiger partial charge >= 0.3 is 0 Å². The number of nitrogens with two attached hydrogens (primary N) is 1. The van der Waals surface area contributed by atoms with Gasteiger partial charge in [0.25, 0.3) is 0 Å². The number of unbranched alkanes of at least 4 members (excludes halogenated alkanes) is 1. The van der Waals surface area contributed by atoms with Crippen molar-refractivity contribution in [2.45, 2.75) is 12.8 Å². The maximum absolute atomic E-state index is 5.41. The number of nitrogens with zero attached hydrogens (tertiary/aromatic N) is 1. The van der Waals surface area contributed by atoms with Crippen molar-refractivity contribution in [1.29, 1.82) is 0 Å². The molecule has 2 heterocycles. The molecule has 0 amide bonds. The lowest BCUT2D eigenvalue weighted by Crippen LogP contribution is -1.96. The summed E-state index contributed by atoms with van der Waals surface area (Å²) in [6.07, 6.45) is 7.27. The zero-order chi connectivity index (χ0) is 11.4. The first-order valence-corrected chi connectivity index (χ1v) is 5.91. The zero-order valence-corrected chi connectivity index (χ0v) is 10.3. The van der Waals surface area contributed by atoms with Crippen molar-refractivity contribution >= 4 is 26.8 Å². The van der Waals surface area contributed by atoms with E-state index in [1.807, 2.05) is 6.20 Å². The van der Waals surface area contributed by atoms with E-state index >= 15 is 0 Å². The minimum atomic E-state index is 0.691. The predicted octanol–water partition coefficient (Wildman–Crippen LogP) is 2.42. The molecule has 0 spiro atoms. The van der Waals surface area contributed by atoms with E-state index in [9.17, 15) is 0 Å². The fourth-order valence-electron chi connectivity index (χ4n) is 1.49. The summed E-state index contributed by atoms with van der Waals surface area (Å²) in [6, 6.07) is 0. The van der Waals surface area contributed by atoms with E-state index in [4.69, 9.17) is 5.73 Å². The van der Waals surface area contributed by atoms with E-state index in [2.05, 4.69) is 37.7 Å². The molecule has 82 valence electrons. The van der Waals surface area contributed by atoms with Crippen LogP contribution in [0.4, 0.5) is 0 Å². The highest BCUT2D eigenvalue weighted by molar-refractivity contribution is 9.10. The van der Waals surface area contributed by atoms with Gasteiger partial charge in [-0.15, -0.1) is 0 Å². The van der Waals surface area contributed by atoms with E-state index in [1.54, 1.807) is 12.4 Å². The molecule has 2 rings (SSSR count). The largest absolute Gasteiger partial charge is 0.359 e. The summed E-state index contributed by atoms with van der Waals surface area (Å²) >= 11 is 3.48. The maximum Gasteiger partial charge on any atom is 0.0664 e. The van der Waals surface area contributed by atoms with Crippen molar-refractivity contribution in [2.24, 2.45) is 5.73 Å². The zero-order valence-electron chi connectivity index (χ0n) is 8.76. The lowest BCUT2D eigenvalue weighted by Gasteiger charge is -1.93. The van der Waals surface area contributed by atoms with Crippen molar-refractivity contribution in [1.82, 2.24) is 9.97 Å². The molecular formula is C12H12BrN3. The molecule has 0 radical (unpaired) electrons. The van der Waals surface area contributed by atoms with Crippen molar-refractivity contribution in [3.8, 4) is 11.8 Å². The molecular weight excluding hydrogens is 266 g/mol. The summed E-state index contributed by atoms with van der Waals surface area (Å²) < 4.78 is 0.967. The van der Waals surface area contributed by atoms with E-state index in [0.717, 1.165) is 33.8 Å². The van der Waals surface area contributed by atoms with Gasteiger partial charge in [-0.05, 0) is 28.9 Å². The number of H-pyrrole nitrogens is 1. The Morgan fingerprint density at radius 3 is 3.12 bits per heavy atom. The van der Waals surface area contributed by atoms with Crippen LogP contribution < -0.4 is 5.73 Å². The van der Waals surface area contributed by atoms with E-state index in [0.29, 0.717) is 6.54 Å². The lowest BCUT2D eigenvalue weighted by atomic mass is 10.2. The number of pyridine rings is 1. The van der Waals surface area contributed by atoms with Gasteiger partial charge in [0.1, 0.15) is 0 Å². The quantitative estimate of drug-likeness (QED) is 0.654. The second-order valence-corrected chi connectivity index (χ2v) is 4.29. The van der Waals surface area contributed by atoms with Crippen molar-refractivity contribution in [2.75, 3.05) is 6.54 Å². The van der Waals surface area contributed by atoms with Crippen LogP contribution in [-0.4, -0.2) is 16.5 Å². The number of hydrogen-bond donors (Lipinski definition) is 2. The highest BCUT2D eigenvalue weighted by Gasteiger charge is 2.04. The summed E-state index contributed by atoms with van der Waals surface area (Å²) in [5.74, 6) is 6.27. The molecule has 0 saturated carbocycles. The Morgan fingerprint density at radius 1 is 1.44 bits per heavy atom. The lowest BCUT2D eigenvalue weighted by molar-refractivity contribution is 0.870. The number of aromatic amines is 1. The van der Waals surface area contributed by atoms with Gasteiger partial charge in [-0.2, -0.15) is 0 Å². The summed E-state index contributed by atoms with van der Waals surface area (Å²) in [6.45, 7) is 0.691. The average molecular weight is 278 g/mol. The number of fused-ring (bicyclic) bond motifs is 1. The van der Waals surface area contributed by atoms with Gasteiger partial charge in [0.15, 0.2) is 0 Å². The Labute approximate surface area is 103 Å². The van der Waals surface area contributed by atoms with Gasteiger partial charge in [-0.1, -0.05) is 11.8 Å². The van der Waals surface area contributed by atoms with E-state index < -0.39 is 0 Å². The van der Waals surface area contributed by atoms with Crippen LogP contribution in [0.3, 0.4) is 0 Å². The fraction of sp³-hybridized carbons (Fsp3) is 0.250. The molecule has 0 unspecified atom stereocenters. The first-order chi connectivity index (χ1) is 7.83. The monoisotopic (exact) mass is 277 g/mol. The SMILES string of the molecule is NCCCC#Cc1c[nH]c2cncc(Br)c12. The standard InChI is InChI=1S/C12H12BrN3/c13-10-7-15-8-11-12(10)9(6-16-11)4-2-1-3-5-14/h6-8,16H,1,3,5,14H2. The van der Waals surface area contributed by atoms with Crippen LogP contribution in [0.15, 0.2) is 23.1 Å². The summed E-state index contributed by atoms with van der Waals surface area (Å²) in [4.78, 5) is 7.24. The molecule has 0 atom stereocenters. The van der Waals surface area contributed by atoms with Crippen molar-refractivity contribution < 1.29 is 0 Å². The Kier molecular flexibility index (Phi) is 3.60. The third-order valence-corrected chi connectivity index (χ3v) is 2.87. The normalized spacial score (nSPS) is 10.1. The molecule has 2 aromatic rings. The topological polar surface area (TPSA) is 54.7 Å². The van der Waals surface area contributed by atoms with Gasteiger partial charge in [0, 0.05) is 28.7 Å². The first-order valence-electron chi connectivity index (χ1n) is 5.12. The third-order valence-electron chi connectivity index (χ3n) is 2.27. The first kappa shape index (κ1) is 11.2. The average Bonchev–Trinajstić information content (AvgIpc) is 2.69. The minimum absolute atomic E-state index is 0.691. The van der Waals surface area contributed by atoms with Crippen LogP contribution in [0, 0.1) is 11.8 Å². The van der Waals surface area contributed by atoms with E-state index in [1.165, 1.54) is 0 Å². The molecule has 0 aromatic carbocycles. The van der Waals surface area contributed by atoms with Gasteiger partial charge < -0.3 is 10.7 Å². The number of halogens is 1. The summed E-state index contributed by atoms with van der Waals surface area (Å²) in [7, 11) is 0. The molecule has 0 saturated heterocycles. The second kappa shape index (κ2) is 5.15. The second-order valence-electron chi connectivity index (χ2n) is 3.44. The molecule has 2 aromatic heterocycles. The molecule has 0 aliphatic carbocycles. The smallest absolute Gasteiger partial charge is 0.0664 e. The number of nitrogens with one attached hydrogen (secondary N) is 1. The minimum Gasteiger partial charge on any atom is -0.359 e. The molecule has 3 nitrogen and oxygen atoms in total. The fourth-order valence-corrected chi connectivity index (χ4v) is 2.03. The number of rotatable bonds is 2. The van der Waals surface area contributed by atoms with Crippen LogP contribution in [-0.2, 0) is 0 Å². The molecule has 4 heteroatoms. The molecule has 0 aliphatic heterocycles. The Balaban J connectivity index is 2.33. The van der Waals surface area contributed by atoms with Crippen LogP contribution >= 0.6 is 15.9 Å². The summed E-state index contributed by atoms with van der Waals surface area (Å²) in [5, 5.41) is 1.09. The predicted molar refractivity (Wildman–Crippen MR) is 69.0 cm³/mol. The molecule has 0 aliphatic rings. The highest BCUT2D eigenvalue weighted by Crippen LogP contribution is 2.25. The Hall–Kier alpha value is -1.31. The summed E-state index contributed by atoms with van der Waals surface area (Å²) in [5.41, 5.74) is 7.41. The van der Waals surface area contributed by atoms with Gasteiger partial charge in [0.05, 0.1) is 17.3 Å². The molecule has 16 heavy (non-hydrogen) atoms. The van der Waals surface area contributed by atoms with Crippen molar-refractivity contribution in [3.05, 3.63) is 28.6 Å². The number of aromatic nitrogens is 2. The van der Waals surface area contributed by atoms with Gasteiger partial charge in [-0.25, -0.2) is 0 Å². The van der Waals surface area contributed by atoms with E-state index in [-0.39, 0.29) is 0 Å². The van der Waals surface area contributed by atoms with Crippen LogP contribution in [0.2, 0.25) is 0 Å². The van der Waals surface area contributed by atoms with Crippen LogP contribution in [0.25, 0.3) is 10.9 Å².